The maximum Gasteiger partial charge on any atom is 0.272 e. The summed E-state index contributed by atoms with van der Waals surface area (Å²) in [6, 6.07) is 19.0. The van der Waals surface area contributed by atoms with Crippen LogP contribution >= 0.6 is 0 Å². The number of nitrogens with zero attached hydrogens (tertiary/aromatic N) is 4. The number of fused-ring (bicyclic) bond motifs is 1. The van der Waals surface area contributed by atoms with Crippen LogP contribution in [0.15, 0.2) is 65.2 Å². The Balaban J connectivity index is 1.29. The van der Waals surface area contributed by atoms with E-state index in [0.717, 1.165) is 16.5 Å². The first-order chi connectivity index (χ1) is 14.2. The molecule has 0 unspecified atom stereocenters. The van der Waals surface area contributed by atoms with E-state index in [1.807, 2.05) is 54.6 Å². The van der Waals surface area contributed by atoms with Gasteiger partial charge in [-0.05, 0) is 24.3 Å². The van der Waals surface area contributed by atoms with Crippen LogP contribution in [0.4, 0.5) is 0 Å². The molecule has 7 heteroatoms. The predicted molar refractivity (Wildman–Crippen MR) is 107 cm³/mol. The molecular formula is C22H18N4O3. The van der Waals surface area contributed by atoms with E-state index in [0.29, 0.717) is 36.2 Å². The summed E-state index contributed by atoms with van der Waals surface area (Å²) in [5, 5.41) is 5.09. The fraction of sp³-hybridized carbons (Fsp3) is 0.182. The molecule has 1 amide bonds. The number of carbonyl (C=O) groups is 1. The van der Waals surface area contributed by atoms with Crippen molar-refractivity contribution in [3.8, 4) is 17.1 Å². The Kier molecular flexibility index (Phi) is 4.20. The van der Waals surface area contributed by atoms with Gasteiger partial charge in [-0.25, -0.2) is 4.98 Å². The van der Waals surface area contributed by atoms with Crippen LogP contribution in [0.25, 0.3) is 22.3 Å². The maximum absolute atomic E-state index is 12.7. The van der Waals surface area contributed by atoms with Gasteiger partial charge in [0.2, 0.25) is 11.7 Å². The fourth-order valence-corrected chi connectivity index (χ4v) is 3.49. The van der Waals surface area contributed by atoms with Crippen LogP contribution < -0.4 is 4.74 Å². The van der Waals surface area contributed by atoms with Crippen molar-refractivity contribution < 1.29 is 14.1 Å². The SMILES string of the molecule is COc1ccccc1-c1noc(C2CN(C(=O)c3ccc4ccccc4n3)C2)n1. The van der Waals surface area contributed by atoms with Crippen molar-refractivity contribution in [1.29, 1.82) is 0 Å². The Bertz CT molecular complexity index is 1200. The standard InChI is InChI=1S/C22H18N4O3/c1-28-19-9-5-3-7-16(19)20-24-21(29-25-20)15-12-26(13-15)22(27)18-11-10-14-6-2-4-8-17(14)23-18/h2-11,15H,12-13H2,1H3. The summed E-state index contributed by atoms with van der Waals surface area (Å²) < 4.78 is 10.8. The highest BCUT2D eigenvalue weighted by molar-refractivity contribution is 5.95. The van der Waals surface area contributed by atoms with E-state index < -0.39 is 0 Å². The zero-order valence-electron chi connectivity index (χ0n) is 15.8. The molecule has 29 heavy (non-hydrogen) atoms. The normalized spacial score (nSPS) is 14.0. The molecule has 0 atom stereocenters. The Morgan fingerprint density at radius 3 is 2.69 bits per heavy atom. The molecule has 0 radical (unpaired) electrons. The third-order valence-corrected chi connectivity index (χ3v) is 5.13. The molecule has 5 rings (SSSR count). The van der Waals surface area contributed by atoms with Gasteiger partial charge in [0.05, 0.1) is 24.1 Å². The van der Waals surface area contributed by atoms with Crippen molar-refractivity contribution in [2.75, 3.05) is 20.2 Å². The number of hydrogen-bond acceptors (Lipinski definition) is 6. The number of ether oxygens (including phenoxy) is 1. The third-order valence-electron chi connectivity index (χ3n) is 5.13. The average Bonchev–Trinajstić information content (AvgIpc) is 3.21. The summed E-state index contributed by atoms with van der Waals surface area (Å²) in [6.45, 7) is 1.06. The van der Waals surface area contributed by atoms with Crippen LogP contribution in [0.1, 0.15) is 22.3 Å². The van der Waals surface area contributed by atoms with Crippen LogP contribution in [0.2, 0.25) is 0 Å². The lowest BCUT2D eigenvalue weighted by Crippen LogP contribution is -2.48. The van der Waals surface area contributed by atoms with Crippen molar-refractivity contribution in [2.45, 2.75) is 5.92 Å². The average molecular weight is 386 g/mol. The molecule has 0 aliphatic carbocycles. The van der Waals surface area contributed by atoms with Crippen molar-refractivity contribution in [3.63, 3.8) is 0 Å². The zero-order valence-corrected chi connectivity index (χ0v) is 15.8. The number of para-hydroxylation sites is 2. The highest BCUT2D eigenvalue weighted by Gasteiger charge is 2.36. The number of hydrogen-bond donors (Lipinski definition) is 0. The number of rotatable bonds is 4. The molecule has 2 aromatic carbocycles. The van der Waals surface area contributed by atoms with E-state index in [1.54, 1.807) is 18.1 Å². The van der Waals surface area contributed by atoms with Gasteiger partial charge in [0.25, 0.3) is 5.91 Å². The Morgan fingerprint density at radius 2 is 1.83 bits per heavy atom. The van der Waals surface area contributed by atoms with Gasteiger partial charge in [-0.2, -0.15) is 4.98 Å². The maximum atomic E-state index is 12.7. The minimum atomic E-state index is -0.0866. The number of carbonyl (C=O) groups excluding carboxylic acids is 1. The van der Waals surface area contributed by atoms with Crippen LogP contribution in [-0.2, 0) is 0 Å². The third kappa shape index (κ3) is 3.10. The van der Waals surface area contributed by atoms with Gasteiger partial charge >= 0.3 is 0 Å². The number of pyridine rings is 1. The van der Waals surface area contributed by atoms with E-state index in [-0.39, 0.29) is 11.8 Å². The minimum absolute atomic E-state index is 0.0235. The molecule has 0 spiro atoms. The summed E-state index contributed by atoms with van der Waals surface area (Å²) in [5.74, 6) is 1.64. The van der Waals surface area contributed by atoms with Gasteiger partial charge in [-0.1, -0.05) is 41.6 Å². The summed E-state index contributed by atoms with van der Waals surface area (Å²) in [6.07, 6.45) is 0. The minimum Gasteiger partial charge on any atom is -0.496 e. The Morgan fingerprint density at radius 1 is 1.03 bits per heavy atom. The first-order valence-electron chi connectivity index (χ1n) is 9.35. The molecule has 1 aliphatic rings. The molecule has 144 valence electrons. The summed E-state index contributed by atoms with van der Waals surface area (Å²) in [4.78, 5) is 23.5. The van der Waals surface area contributed by atoms with Crippen molar-refractivity contribution >= 4 is 16.8 Å². The van der Waals surface area contributed by atoms with E-state index in [9.17, 15) is 4.79 Å². The van der Waals surface area contributed by atoms with Crippen LogP contribution in [0, 0.1) is 0 Å². The topological polar surface area (TPSA) is 81.4 Å². The first-order valence-corrected chi connectivity index (χ1v) is 9.35. The molecule has 4 aromatic rings. The molecule has 1 aliphatic heterocycles. The molecule has 1 saturated heterocycles. The fourth-order valence-electron chi connectivity index (χ4n) is 3.49. The summed E-state index contributed by atoms with van der Waals surface area (Å²) in [7, 11) is 1.61. The molecule has 3 heterocycles. The Labute approximate surface area is 166 Å². The van der Waals surface area contributed by atoms with E-state index in [4.69, 9.17) is 9.26 Å². The lowest BCUT2D eigenvalue weighted by Gasteiger charge is -2.36. The lowest BCUT2D eigenvalue weighted by atomic mass is 9.99. The van der Waals surface area contributed by atoms with Gasteiger partial charge in [0, 0.05) is 18.5 Å². The van der Waals surface area contributed by atoms with Crippen molar-refractivity contribution in [2.24, 2.45) is 0 Å². The van der Waals surface area contributed by atoms with Gasteiger partial charge in [-0.15, -0.1) is 0 Å². The largest absolute Gasteiger partial charge is 0.496 e. The molecular weight excluding hydrogens is 368 g/mol. The van der Waals surface area contributed by atoms with E-state index in [2.05, 4.69) is 15.1 Å². The molecule has 0 saturated carbocycles. The van der Waals surface area contributed by atoms with Gasteiger partial charge in [0.15, 0.2) is 0 Å². The van der Waals surface area contributed by atoms with Crippen LogP contribution in [0.5, 0.6) is 5.75 Å². The lowest BCUT2D eigenvalue weighted by molar-refractivity contribution is 0.0563. The molecule has 1 fully saturated rings. The molecule has 0 N–H and O–H groups in total. The van der Waals surface area contributed by atoms with Crippen molar-refractivity contribution in [1.82, 2.24) is 20.0 Å². The highest BCUT2D eigenvalue weighted by Crippen LogP contribution is 2.31. The van der Waals surface area contributed by atoms with E-state index in [1.165, 1.54) is 0 Å². The number of methoxy groups -OCH3 is 1. The molecule has 2 aromatic heterocycles. The second-order valence-corrected chi connectivity index (χ2v) is 6.95. The smallest absolute Gasteiger partial charge is 0.272 e. The van der Waals surface area contributed by atoms with Gasteiger partial charge < -0.3 is 14.2 Å². The predicted octanol–water partition coefficient (Wildman–Crippen LogP) is 3.53. The second kappa shape index (κ2) is 7.01. The first kappa shape index (κ1) is 17.4. The quantitative estimate of drug-likeness (QED) is 0.534. The summed E-state index contributed by atoms with van der Waals surface area (Å²) >= 11 is 0. The number of amides is 1. The molecule has 7 nitrogen and oxygen atoms in total. The van der Waals surface area contributed by atoms with Gasteiger partial charge in [0.1, 0.15) is 11.4 Å². The zero-order chi connectivity index (χ0) is 19.8. The van der Waals surface area contributed by atoms with Crippen LogP contribution in [0.3, 0.4) is 0 Å². The highest BCUT2D eigenvalue weighted by atomic mass is 16.5. The van der Waals surface area contributed by atoms with Gasteiger partial charge in [-0.3, -0.25) is 4.79 Å². The van der Waals surface area contributed by atoms with Crippen LogP contribution in [-0.4, -0.2) is 46.1 Å². The Hall–Kier alpha value is -3.74. The number of benzene rings is 2. The second-order valence-electron chi connectivity index (χ2n) is 6.95. The monoisotopic (exact) mass is 386 g/mol. The summed E-state index contributed by atoms with van der Waals surface area (Å²) in [5.41, 5.74) is 2.04. The van der Waals surface area contributed by atoms with Crippen molar-refractivity contribution in [3.05, 3.63) is 72.2 Å². The molecule has 0 bridgehead atoms. The number of likely N-dealkylation sites (tertiary alicyclic amines) is 1. The number of aromatic nitrogens is 3. The van der Waals surface area contributed by atoms with E-state index >= 15 is 0 Å².